The van der Waals surface area contributed by atoms with Crippen LogP contribution in [0, 0.1) is 11.8 Å². The van der Waals surface area contributed by atoms with Gasteiger partial charge < -0.3 is 23.9 Å². The maximum absolute atomic E-state index is 13.6. The van der Waals surface area contributed by atoms with Crippen molar-refractivity contribution in [3.8, 4) is 22.8 Å². The molecule has 6 rings (SSSR count). The third kappa shape index (κ3) is 6.75. The Morgan fingerprint density at radius 2 is 1.83 bits per heavy atom. The van der Waals surface area contributed by atoms with E-state index in [2.05, 4.69) is 4.98 Å². The van der Waals surface area contributed by atoms with Crippen LogP contribution in [0.1, 0.15) is 43.1 Å². The van der Waals surface area contributed by atoms with Crippen LogP contribution in [-0.4, -0.2) is 42.2 Å². The number of rotatable bonds is 8. The van der Waals surface area contributed by atoms with Gasteiger partial charge >= 0.3 is 29.6 Å². The van der Waals surface area contributed by atoms with E-state index < -0.39 is 12.5 Å². The molecule has 2 aliphatic carbocycles. The van der Waals surface area contributed by atoms with Gasteiger partial charge in [-0.1, -0.05) is 49.1 Å². The Kier molecular flexibility index (Phi) is 10.4. The average Bonchev–Trinajstić information content (AvgIpc) is 3.30. The van der Waals surface area contributed by atoms with Gasteiger partial charge in [0.2, 0.25) is 0 Å². The van der Waals surface area contributed by atoms with Crippen LogP contribution in [0.25, 0.3) is 22.2 Å². The van der Waals surface area contributed by atoms with Gasteiger partial charge in [-0.15, -0.1) is 11.3 Å². The molecule has 0 aliphatic heterocycles. The molecule has 210 valence electrons. The van der Waals surface area contributed by atoms with Crippen LogP contribution < -0.4 is 49.0 Å². The molecular weight excluding hydrogens is 573 g/mol. The first-order valence-corrected chi connectivity index (χ1v) is 14.6. The van der Waals surface area contributed by atoms with Crippen molar-refractivity contribution in [1.29, 1.82) is 0 Å². The van der Waals surface area contributed by atoms with Crippen LogP contribution in [0.4, 0.5) is 5.13 Å². The fraction of sp³-hybridized carbons (Fsp3) is 0.367. The Labute approximate surface area is 270 Å². The first-order valence-electron chi connectivity index (χ1n) is 13.3. The largest absolute Gasteiger partial charge is 1.00 e. The van der Waals surface area contributed by atoms with E-state index in [1.165, 1.54) is 53.3 Å². The Bertz CT molecular complexity index is 1550. The van der Waals surface area contributed by atoms with Crippen molar-refractivity contribution in [3.63, 3.8) is 0 Å². The van der Waals surface area contributed by atoms with Crippen LogP contribution in [0.5, 0.6) is 11.5 Å². The number of nitrogens with zero attached hydrogens (tertiary/aromatic N) is 3. The van der Waals surface area contributed by atoms with Gasteiger partial charge in [0.15, 0.2) is 5.13 Å². The van der Waals surface area contributed by atoms with Crippen molar-refractivity contribution in [2.45, 2.75) is 39.2 Å². The van der Waals surface area contributed by atoms with Crippen LogP contribution in [0.2, 0.25) is 5.02 Å². The summed E-state index contributed by atoms with van der Waals surface area (Å²) in [6.07, 6.45) is 6.24. The second-order valence-electron chi connectivity index (χ2n) is 9.99. The second kappa shape index (κ2) is 13.6. The number of fused-ring (bicyclic) bond motifs is 2. The number of para-hydroxylation sites is 1. The quantitative estimate of drug-likeness (QED) is 0.287. The monoisotopic (exact) mass is 603 g/mol. The van der Waals surface area contributed by atoms with E-state index in [0.717, 1.165) is 5.39 Å². The van der Waals surface area contributed by atoms with Gasteiger partial charge in [-0.3, -0.25) is 9.69 Å². The molecule has 41 heavy (non-hydrogen) atoms. The van der Waals surface area contributed by atoms with E-state index in [4.69, 9.17) is 21.1 Å². The number of thiazole rings is 1. The number of carbonyl (C=O) groups excluding carboxylic acids is 2. The molecule has 2 atom stereocenters. The molecule has 2 fully saturated rings. The number of hydrogen-bond donors (Lipinski definition) is 0. The predicted octanol–water partition coefficient (Wildman–Crippen LogP) is 2.66. The molecule has 2 aromatic carbocycles. The van der Waals surface area contributed by atoms with Crippen LogP contribution >= 0.6 is 22.9 Å². The summed E-state index contributed by atoms with van der Waals surface area (Å²) in [4.78, 5) is 31.1. The van der Waals surface area contributed by atoms with Crippen molar-refractivity contribution in [2.75, 3.05) is 25.7 Å². The number of benzene rings is 2. The Morgan fingerprint density at radius 1 is 1.12 bits per heavy atom. The number of carbonyl (C=O) groups is 2. The molecule has 0 bridgehead atoms. The minimum absolute atomic E-state index is 0. The normalized spacial score (nSPS) is 16.7. The number of carboxylic acid groups (broad SMARTS) is 1. The Morgan fingerprint density at radius 3 is 2.41 bits per heavy atom. The molecule has 4 aromatic rings. The zero-order chi connectivity index (χ0) is 28.4. The van der Waals surface area contributed by atoms with Crippen molar-refractivity contribution < 1.29 is 53.7 Å². The minimum atomic E-state index is -1.28. The van der Waals surface area contributed by atoms with Gasteiger partial charge in [0.25, 0.3) is 5.91 Å². The van der Waals surface area contributed by atoms with E-state index >= 15 is 0 Å². The first-order chi connectivity index (χ1) is 19.3. The summed E-state index contributed by atoms with van der Waals surface area (Å²) in [6, 6.07) is 12.3. The molecule has 2 saturated carbocycles. The molecule has 0 N–H and O–H groups in total. The number of anilines is 1. The van der Waals surface area contributed by atoms with Gasteiger partial charge in [0.05, 0.1) is 37.5 Å². The molecule has 2 unspecified atom stereocenters. The SMILES string of the molecule is C1CC2CC2C1.CCN(C(=O)c1cc2ccccc2n1CC(=O)[O-])c1nc(-c2cc(OC)c(Cl)cc2OC)cs1.[Na+]. The van der Waals surface area contributed by atoms with Crippen molar-refractivity contribution in [2.24, 2.45) is 11.8 Å². The fourth-order valence-corrected chi connectivity index (χ4v) is 6.54. The van der Waals surface area contributed by atoms with Gasteiger partial charge in [0.1, 0.15) is 17.2 Å². The number of aromatic nitrogens is 2. The topological polar surface area (TPSA) is 96.7 Å². The molecule has 0 spiro atoms. The molecule has 8 nitrogen and oxygen atoms in total. The van der Waals surface area contributed by atoms with Gasteiger partial charge in [-0.2, -0.15) is 0 Å². The summed E-state index contributed by atoms with van der Waals surface area (Å²) in [6.45, 7) is 1.73. The van der Waals surface area contributed by atoms with E-state index in [1.807, 2.05) is 24.4 Å². The third-order valence-corrected chi connectivity index (χ3v) is 8.73. The molecule has 2 heterocycles. The molecule has 2 aliphatic rings. The average molecular weight is 604 g/mol. The third-order valence-electron chi connectivity index (χ3n) is 7.57. The Hall–Kier alpha value is -2.56. The standard InChI is InChI=1S/C24H22ClN3O5S.C6H10.Na/c1-4-27(23(31)19-9-14-7-5-6-8-18(14)28(19)12-22(29)30)24-26-17(13-34-24)15-10-21(33-3)16(25)11-20(15)32-2;1-2-5-4-6(5)3-1;/h5-11,13H,4,12H2,1-3H3,(H,29,30);5-6H,1-4H2;/q;;+1/p-1. The number of ether oxygens (including phenoxy) is 2. The second-order valence-corrected chi connectivity index (χ2v) is 11.2. The molecule has 0 radical (unpaired) electrons. The predicted molar refractivity (Wildman–Crippen MR) is 155 cm³/mol. The maximum Gasteiger partial charge on any atom is 1.00 e. The summed E-state index contributed by atoms with van der Waals surface area (Å²) in [5, 5.41) is 14.8. The van der Waals surface area contributed by atoms with Gasteiger partial charge in [-0.25, -0.2) is 4.98 Å². The van der Waals surface area contributed by atoms with Gasteiger partial charge in [-0.05, 0) is 43.4 Å². The van der Waals surface area contributed by atoms with Crippen LogP contribution in [-0.2, 0) is 11.3 Å². The van der Waals surface area contributed by atoms with Crippen LogP contribution in [0.15, 0.2) is 47.8 Å². The van der Waals surface area contributed by atoms with Crippen molar-refractivity contribution in [3.05, 3.63) is 58.6 Å². The van der Waals surface area contributed by atoms with Crippen molar-refractivity contribution in [1.82, 2.24) is 9.55 Å². The van der Waals surface area contributed by atoms with Gasteiger partial charge in [0, 0.05) is 34.5 Å². The summed E-state index contributed by atoms with van der Waals surface area (Å²) in [7, 11) is 3.06. The first kappa shape index (κ1) is 31.4. The zero-order valence-corrected chi connectivity index (χ0v) is 27.3. The smallest absolute Gasteiger partial charge is 0.548 e. The van der Waals surface area contributed by atoms with E-state index in [9.17, 15) is 14.7 Å². The number of hydrogen-bond acceptors (Lipinski definition) is 7. The Balaban J connectivity index is 0.000000483. The van der Waals surface area contributed by atoms with E-state index in [-0.39, 0.29) is 41.2 Å². The van der Waals surface area contributed by atoms with Crippen molar-refractivity contribution >= 4 is 50.8 Å². The molecule has 2 aromatic heterocycles. The summed E-state index contributed by atoms with van der Waals surface area (Å²) >= 11 is 7.51. The van der Waals surface area contributed by atoms with E-state index in [1.54, 1.807) is 49.6 Å². The maximum atomic E-state index is 13.6. The summed E-state index contributed by atoms with van der Waals surface area (Å²) in [5.41, 5.74) is 2.15. The molecular formula is C30H31ClN3NaO5S. The number of aliphatic carboxylic acids is 1. The molecule has 0 saturated heterocycles. The fourth-order valence-electron chi connectivity index (χ4n) is 5.42. The number of amides is 1. The molecule has 1 amide bonds. The summed E-state index contributed by atoms with van der Waals surface area (Å²) in [5.74, 6) is 1.78. The summed E-state index contributed by atoms with van der Waals surface area (Å²) < 4.78 is 12.2. The zero-order valence-electron chi connectivity index (χ0n) is 23.7. The van der Waals surface area contributed by atoms with E-state index in [0.29, 0.717) is 45.0 Å². The number of carboxylic acids is 1. The molecule has 11 heteroatoms. The number of halogens is 1. The number of methoxy groups -OCH3 is 2. The van der Waals surface area contributed by atoms with Crippen LogP contribution in [0.3, 0.4) is 0 Å². The minimum Gasteiger partial charge on any atom is -0.548 e.